The van der Waals surface area contributed by atoms with Gasteiger partial charge in [-0.05, 0) is 23.8 Å². The number of aliphatic hydroxyl groups excluding tert-OH is 1. The zero-order chi connectivity index (χ0) is 16.4. The van der Waals surface area contributed by atoms with Crippen molar-refractivity contribution in [2.45, 2.75) is 6.42 Å². The Kier molecular flexibility index (Phi) is 4.29. The maximum atomic E-state index is 13.2. The maximum absolute atomic E-state index is 13.2. The highest BCUT2D eigenvalue weighted by molar-refractivity contribution is 5.89. The van der Waals surface area contributed by atoms with Gasteiger partial charge in [0.25, 0.3) is 0 Å². The molecule has 122 valence electrons. The summed E-state index contributed by atoms with van der Waals surface area (Å²) in [6, 6.07) is 4.45. The van der Waals surface area contributed by atoms with Crippen molar-refractivity contribution in [2.75, 3.05) is 32.8 Å². The van der Waals surface area contributed by atoms with E-state index in [0.717, 1.165) is 10.9 Å². The monoisotopic (exact) mass is 319 g/mol. The zero-order valence-corrected chi connectivity index (χ0v) is 12.6. The van der Waals surface area contributed by atoms with E-state index in [-0.39, 0.29) is 24.1 Å². The van der Waals surface area contributed by atoms with Crippen molar-refractivity contribution in [1.82, 2.24) is 14.8 Å². The Labute approximate surface area is 132 Å². The number of aromatic amines is 1. The van der Waals surface area contributed by atoms with Gasteiger partial charge in [0.2, 0.25) is 11.8 Å². The van der Waals surface area contributed by atoms with Gasteiger partial charge in [0.1, 0.15) is 12.4 Å². The number of halogens is 1. The summed E-state index contributed by atoms with van der Waals surface area (Å²) in [4.78, 5) is 30.1. The lowest BCUT2D eigenvalue weighted by Gasteiger charge is -2.34. The van der Waals surface area contributed by atoms with Gasteiger partial charge < -0.3 is 19.9 Å². The highest BCUT2D eigenvalue weighted by Gasteiger charge is 2.24. The minimum atomic E-state index is -0.500. The first-order chi connectivity index (χ1) is 11.1. The second-order valence-corrected chi connectivity index (χ2v) is 5.60. The summed E-state index contributed by atoms with van der Waals surface area (Å²) in [7, 11) is 0. The molecular weight excluding hydrogens is 301 g/mol. The number of fused-ring (bicyclic) bond motifs is 1. The van der Waals surface area contributed by atoms with Crippen LogP contribution in [0.5, 0.6) is 0 Å². The number of amides is 2. The Bertz CT molecular complexity index is 735. The molecule has 1 aromatic carbocycles. The number of aromatic nitrogens is 1. The lowest BCUT2D eigenvalue weighted by molar-refractivity contribution is -0.140. The average Bonchev–Trinajstić information content (AvgIpc) is 2.96. The molecule has 0 atom stereocenters. The van der Waals surface area contributed by atoms with Crippen molar-refractivity contribution in [3.63, 3.8) is 0 Å². The Morgan fingerprint density at radius 3 is 2.43 bits per heavy atom. The summed E-state index contributed by atoms with van der Waals surface area (Å²) in [6.45, 7) is 1.29. The van der Waals surface area contributed by atoms with E-state index in [1.807, 2.05) is 0 Å². The highest BCUT2D eigenvalue weighted by atomic mass is 19.1. The van der Waals surface area contributed by atoms with Crippen molar-refractivity contribution in [2.24, 2.45) is 0 Å². The maximum Gasteiger partial charge on any atom is 0.248 e. The third-order valence-electron chi connectivity index (χ3n) is 4.19. The Balaban J connectivity index is 1.64. The SMILES string of the molecule is O=C(CO)N1CCN(C(=O)Cc2c[nH]c3cc(F)ccc23)CC1. The van der Waals surface area contributed by atoms with Crippen molar-refractivity contribution in [3.05, 3.63) is 35.8 Å². The molecule has 1 fully saturated rings. The van der Waals surface area contributed by atoms with E-state index in [2.05, 4.69) is 4.98 Å². The number of benzene rings is 1. The molecule has 1 saturated heterocycles. The molecule has 0 bridgehead atoms. The van der Waals surface area contributed by atoms with Crippen LogP contribution in [0.25, 0.3) is 10.9 Å². The molecule has 23 heavy (non-hydrogen) atoms. The van der Waals surface area contributed by atoms with E-state index in [4.69, 9.17) is 5.11 Å². The molecule has 6 nitrogen and oxygen atoms in total. The number of aliphatic hydroxyl groups is 1. The fraction of sp³-hybridized carbons (Fsp3) is 0.375. The lowest BCUT2D eigenvalue weighted by atomic mass is 10.1. The molecular formula is C16H18FN3O3. The van der Waals surface area contributed by atoms with E-state index in [0.29, 0.717) is 31.7 Å². The van der Waals surface area contributed by atoms with Gasteiger partial charge in [0, 0.05) is 43.3 Å². The highest BCUT2D eigenvalue weighted by Crippen LogP contribution is 2.20. The minimum Gasteiger partial charge on any atom is -0.387 e. The van der Waals surface area contributed by atoms with Crippen LogP contribution >= 0.6 is 0 Å². The summed E-state index contributed by atoms with van der Waals surface area (Å²) >= 11 is 0. The molecule has 0 spiro atoms. The van der Waals surface area contributed by atoms with Crippen LogP contribution in [-0.4, -0.2) is 64.5 Å². The first kappa shape index (κ1) is 15.5. The number of H-pyrrole nitrogens is 1. The van der Waals surface area contributed by atoms with Gasteiger partial charge in [-0.2, -0.15) is 0 Å². The molecule has 0 saturated carbocycles. The first-order valence-electron chi connectivity index (χ1n) is 7.50. The smallest absolute Gasteiger partial charge is 0.248 e. The fourth-order valence-electron chi connectivity index (χ4n) is 2.88. The second kappa shape index (κ2) is 6.37. The summed E-state index contributed by atoms with van der Waals surface area (Å²) in [6.07, 6.45) is 1.97. The number of nitrogens with zero attached hydrogens (tertiary/aromatic N) is 2. The first-order valence-corrected chi connectivity index (χ1v) is 7.50. The van der Waals surface area contributed by atoms with Gasteiger partial charge in [-0.1, -0.05) is 0 Å². The molecule has 0 radical (unpaired) electrons. The number of rotatable bonds is 3. The molecule has 2 heterocycles. The molecule has 2 N–H and O–H groups in total. The van der Waals surface area contributed by atoms with Crippen LogP contribution in [0.2, 0.25) is 0 Å². The summed E-state index contributed by atoms with van der Waals surface area (Å²) < 4.78 is 13.2. The number of piperazine rings is 1. The third-order valence-corrected chi connectivity index (χ3v) is 4.19. The number of carbonyl (C=O) groups is 2. The van der Waals surface area contributed by atoms with Crippen molar-refractivity contribution in [3.8, 4) is 0 Å². The van der Waals surface area contributed by atoms with Gasteiger partial charge in [0.05, 0.1) is 6.42 Å². The van der Waals surface area contributed by atoms with Gasteiger partial charge in [0.15, 0.2) is 0 Å². The molecule has 2 amide bonds. The largest absolute Gasteiger partial charge is 0.387 e. The molecule has 1 aromatic heterocycles. The van der Waals surface area contributed by atoms with Crippen LogP contribution in [0.1, 0.15) is 5.56 Å². The van der Waals surface area contributed by atoms with Gasteiger partial charge >= 0.3 is 0 Å². The van der Waals surface area contributed by atoms with Gasteiger partial charge in [-0.3, -0.25) is 9.59 Å². The standard InChI is InChI=1S/C16H18FN3O3/c17-12-1-2-13-11(9-18-14(13)8-12)7-15(22)19-3-5-20(6-4-19)16(23)10-21/h1-2,8-9,18,21H,3-7,10H2. The van der Waals surface area contributed by atoms with Crippen LogP contribution in [-0.2, 0) is 16.0 Å². The summed E-state index contributed by atoms with van der Waals surface area (Å²) in [5.74, 6) is -0.649. The van der Waals surface area contributed by atoms with E-state index in [1.54, 1.807) is 22.1 Å². The Morgan fingerprint density at radius 2 is 1.78 bits per heavy atom. The molecule has 3 rings (SSSR count). The number of carbonyl (C=O) groups excluding carboxylic acids is 2. The Morgan fingerprint density at radius 1 is 1.13 bits per heavy atom. The zero-order valence-electron chi connectivity index (χ0n) is 12.6. The van der Waals surface area contributed by atoms with Crippen molar-refractivity contribution < 1.29 is 19.1 Å². The second-order valence-electron chi connectivity index (χ2n) is 5.60. The fourth-order valence-corrected chi connectivity index (χ4v) is 2.88. The lowest BCUT2D eigenvalue weighted by Crippen LogP contribution is -2.51. The molecule has 7 heteroatoms. The van der Waals surface area contributed by atoms with Crippen molar-refractivity contribution in [1.29, 1.82) is 0 Å². The molecule has 1 aliphatic rings. The summed E-state index contributed by atoms with van der Waals surface area (Å²) in [5, 5.41) is 9.69. The molecule has 2 aromatic rings. The van der Waals surface area contributed by atoms with Crippen LogP contribution in [0.15, 0.2) is 24.4 Å². The van der Waals surface area contributed by atoms with Crippen LogP contribution in [0, 0.1) is 5.82 Å². The van der Waals surface area contributed by atoms with Crippen molar-refractivity contribution >= 4 is 22.7 Å². The predicted octanol–water partition coefficient (Wildman–Crippen LogP) is 0.513. The van der Waals surface area contributed by atoms with Gasteiger partial charge in [-0.15, -0.1) is 0 Å². The van der Waals surface area contributed by atoms with E-state index in [1.165, 1.54) is 12.1 Å². The number of nitrogens with one attached hydrogen (secondary N) is 1. The number of hydrogen-bond acceptors (Lipinski definition) is 3. The summed E-state index contributed by atoms with van der Waals surface area (Å²) in [5.41, 5.74) is 1.50. The molecule has 1 aliphatic heterocycles. The molecule has 0 unspecified atom stereocenters. The average molecular weight is 319 g/mol. The normalized spacial score (nSPS) is 15.2. The predicted molar refractivity (Wildman–Crippen MR) is 82.2 cm³/mol. The third kappa shape index (κ3) is 3.19. The quantitative estimate of drug-likeness (QED) is 0.865. The van der Waals surface area contributed by atoms with E-state index in [9.17, 15) is 14.0 Å². The van der Waals surface area contributed by atoms with Crippen LogP contribution < -0.4 is 0 Å². The number of hydrogen-bond donors (Lipinski definition) is 2. The molecule has 0 aliphatic carbocycles. The minimum absolute atomic E-state index is 0.0219. The van der Waals surface area contributed by atoms with E-state index >= 15 is 0 Å². The van der Waals surface area contributed by atoms with E-state index < -0.39 is 6.61 Å². The van der Waals surface area contributed by atoms with Crippen LogP contribution in [0.3, 0.4) is 0 Å². The van der Waals surface area contributed by atoms with Crippen LogP contribution in [0.4, 0.5) is 4.39 Å². The van der Waals surface area contributed by atoms with Gasteiger partial charge in [-0.25, -0.2) is 4.39 Å². The topological polar surface area (TPSA) is 76.6 Å². The Hall–Kier alpha value is -2.41.